The molecule has 0 aliphatic heterocycles. The van der Waals surface area contributed by atoms with Crippen molar-refractivity contribution in [2.45, 2.75) is 44.1 Å². The molecule has 0 unspecified atom stereocenters. The number of amides is 2. The number of hydrogen-bond donors (Lipinski definition) is 2. The summed E-state index contributed by atoms with van der Waals surface area (Å²) in [6.45, 7) is 0.180. The average molecular weight is 455 g/mol. The van der Waals surface area contributed by atoms with E-state index in [0.717, 1.165) is 31.0 Å². The van der Waals surface area contributed by atoms with Crippen LogP contribution in [0.4, 0.5) is 36.8 Å². The first kappa shape index (κ1) is 22.3. The summed E-state index contributed by atoms with van der Waals surface area (Å²) < 4.78 is 78.4. The number of anilines is 1. The van der Waals surface area contributed by atoms with Crippen molar-refractivity contribution in [3.8, 4) is 0 Å². The summed E-state index contributed by atoms with van der Waals surface area (Å²) in [5.41, 5.74) is -1.71. The maximum atomic E-state index is 13.0. The lowest BCUT2D eigenvalue weighted by Gasteiger charge is -2.11. The maximum absolute atomic E-state index is 13.0. The van der Waals surface area contributed by atoms with Gasteiger partial charge in [0.05, 0.1) is 16.3 Å². The Morgan fingerprint density at radius 1 is 1.17 bits per heavy atom. The van der Waals surface area contributed by atoms with E-state index in [2.05, 4.69) is 15.7 Å². The number of carbonyl (C=O) groups is 1. The molecule has 1 heterocycles. The van der Waals surface area contributed by atoms with Gasteiger partial charge >= 0.3 is 18.4 Å². The maximum Gasteiger partial charge on any atom is 0.436 e. The monoisotopic (exact) mass is 454 g/mol. The van der Waals surface area contributed by atoms with Crippen LogP contribution in [0.2, 0.25) is 5.02 Å². The molecule has 2 N–H and O–H groups in total. The van der Waals surface area contributed by atoms with Crippen molar-refractivity contribution in [1.29, 1.82) is 0 Å². The largest absolute Gasteiger partial charge is 0.436 e. The van der Waals surface area contributed by atoms with E-state index in [0.29, 0.717) is 5.69 Å². The van der Waals surface area contributed by atoms with Crippen LogP contribution in [-0.2, 0) is 18.9 Å². The Hall–Kier alpha value is -2.43. The molecule has 0 atom stereocenters. The molecule has 5 nitrogen and oxygen atoms in total. The van der Waals surface area contributed by atoms with Gasteiger partial charge in [0.25, 0.3) is 0 Å². The van der Waals surface area contributed by atoms with Gasteiger partial charge in [0.2, 0.25) is 0 Å². The van der Waals surface area contributed by atoms with E-state index in [1.807, 2.05) is 0 Å². The zero-order valence-corrected chi connectivity index (χ0v) is 16.1. The van der Waals surface area contributed by atoms with Crippen molar-refractivity contribution in [3.05, 3.63) is 46.2 Å². The molecule has 164 valence electrons. The minimum Gasteiger partial charge on any atom is -0.338 e. The lowest BCUT2D eigenvalue weighted by atomic mass is 10.2. The predicted octanol–water partition coefficient (Wildman–Crippen LogP) is 5.66. The van der Waals surface area contributed by atoms with Gasteiger partial charge in [-0.15, -0.1) is 0 Å². The molecule has 0 spiro atoms. The standard InChI is InChI=1S/C18H17ClF6N4O/c19-13-14(10-5-6-10)29(28-15(13)18(23,24)25)8-2-7-26-16(30)27-12-4-1-3-11(9-12)17(20,21)22/h1,3-4,9-10H,2,5-8H2,(H2,26,27,30). The number of rotatable bonds is 6. The van der Waals surface area contributed by atoms with E-state index in [1.165, 1.54) is 10.7 Å². The average Bonchev–Trinajstić information content (AvgIpc) is 3.40. The Morgan fingerprint density at radius 3 is 2.47 bits per heavy atom. The SMILES string of the molecule is O=C(NCCCn1nc(C(F)(F)F)c(Cl)c1C1CC1)Nc1cccc(C(F)(F)F)c1. The lowest BCUT2D eigenvalue weighted by Crippen LogP contribution is -2.30. The first-order valence-electron chi connectivity index (χ1n) is 9.02. The molecule has 2 aromatic rings. The molecule has 2 amide bonds. The Labute approximate surface area is 172 Å². The van der Waals surface area contributed by atoms with Crippen LogP contribution in [0.25, 0.3) is 0 Å². The second-order valence-corrected chi connectivity index (χ2v) is 7.23. The summed E-state index contributed by atoms with van der Waals surface area (Å²) in [4.78, 5) is 11.9. The molecule has 12 heteroatoms. The summed E-state index contributed by atoms with van der Waals surface area (Å²) >= 11 is 5.88. The topological polar surface area (TPSA) is 59.0 Å². The zero-order valence-electron chi connectivity index (χ0n) is 15.4. The molecule has 0 bridgehead atoms. The van der Waals surface area contributed by atoms with E-state index in [4.69, 9.17) is 11.6 Å². The number of hydrogen-bond acceptors (Lipinski definition) is 2. The van der Waals surface area contributed by atoms with Crippen LogP contribution in [0.1, 0.15) is 42.1 Å². The van der Waals surface area contributed by atoms with Crippen LogP contribution in [0, 0.1) is 0 Å². The predicted molar refractivity (Wildman–Crippen MR) is 97.3 cm³/mol. The van der Waals surface area contributed by atoms with Crippen LogP contribution >= 0.6 is 11.6 Å². The number of aromatic nitrogens is 2. The quantitative estimate of drug-likeness (QED) is 0.437. The first-order chi connectivity index (χ1) is 14.0. The molecule has 0 radical (unpaired) electrons. The molecule has 30 heavy (non-hydrogen) atoms. The highest BCUT2D eigenvalue weighted by molar-refractivity contribution is 6.32. The zero-order chi connectivity index (χ0) is 22.1. The van der Waals surface area contributed by atoms with Crippen molar-refractivity contribution in [3.63, 3.8) is 0 Å². The van der Waals surface area contributed by atoms with E-state index in [1.54, 1.807) is 0 Å². The number of nitrogens with one attached hydrogen (secondary N) is 2. The highest BCUT2D eigenvalue weighted by Crippen LogP contribution is 2.46. The van der Waals surface area contributed by atoms with E-state index in [-0.39, 0.29) is 36.1 Å². The van der Waals surface area contributed by atoms with Gasteiger partial charge in [-0.1, -0.05) is 17.7 Å². The normalized spacial score (nSPS) is 14.6. The van der Waals surface area contributed by atoms with Gasteiger partial charge in [-0.25, -0.2) is 4.79 Å². The summed E-state index contributed by atoms with van der Waals surface area (Å²) in [5.74, 6) is -0.0572. The fourth-order valence-electron chi connectivity index (χ4n) is 2.93. The van der Waals surface area contributed by atoms with Gasteiger partial charge in [-0.2, -0.15) is 31.4 Å². The number of halogens is 7. The molecule has 1 aliphatic rings. The number of nitrogens with zero attached hydrogens (tertiary/aromatic N) is 2. The van der Waals surface area contributed by atoms with Crippen LogP contribution in [0.15, 0.2) is 24.3 Å². The molecule has 1 aromatic carbocycles. The Morgan fingerprint density at radius 2 is 1.87 bits per heavy atom. The molecule has 1 aliphatic carbocycles. The third-order valence-electron chi connectivity index (χ3n) is 4.44. The Bertz CT molecular complexity index is 920. The third-order valence-corrected chi connectivity index (χ3v) is 4.82. The molecular formula is C18H17ClF6N4O. The van der Waals surface area contributed by atoms with Gasteiger partial charge < -0.3 is 10.6 Å². The van der Waals surface area contributed by atoms with Gasteiger partial charge in [-0.05, 0) is 37.5 Å². The Kier molecular flexibility index (Phi) is 6.21. The first-order valence-corrected chi connectivity index (χ1v) is 9.40. The van der Waals surface area contributed by atoms with Crippen molar-refractivity contribution in [2.75, 3.05) is 11.9 Å². The summed E-state index contributed by atoms with van der Waals surface area (Å²) in [6, 6.07) is 3.42. The number of alkyl halides is 6. The highest BCUT2D eigenvalue weighted by Gasteiger charge is 2.41. The fraction of sp³-hybridized carbons (Fsp3) is 0.444. The molecule has 1 fully saturated rings. The summed E-state index contributed by atoms with van der Waals surface area (Å²) in [7, 11) is 0. The van der Waals surface area contributed by atoms with Crippen molar-refractivity contribution in [1.82, 2.24) is 15.1 Å². The van der Waals surface area contributed by atoms with Crippen molar-refractivity contribution >= 4 is 23.3 Å². The van der Waals surface area contributed by atoms with E-state index in [9.17, 15) is 31.1 Å². The Balaban J connectivity index is 1.54. The number of aryl methyl sites for hydroxylation is 1. The van der Waals surface area contributed by atoms with Crippen LogP contribution in [0.5, 0.6) is 0 Å². The van der Waals surface area contributed by atoms with Crippen LogP contribution in [0.3, 0.4) is 0 Å². The van der Waals surface area contributed by atoms with Gasteiger partial charge in [0.1, 0.15) is 0 Å². The molecule has 3 rings (SSSR count). The highest BCUT2D eigenvalue weighted by atomic mass is 35.5. The molecular weight excluding hydrogens is 438 g/mol. The second-order valence-electron chi connectivity index (χ2n) is 6.86. The lowest BCUT2D eigenvalue weighted by molar-refractivity contribution is -0.141. The van der Waals surface area contributed by atoms with E-state index >= 15 is 0 Å². The van der Waals surface area contributed by atoms with Gasteiger partial charge in [0, 0.05) is 24.7 Å². The summed E-state index contributed by atoms with van der Waals surface area (Å²) in [6.07, 6.45) is -7.46. The van der Waals surface area contributed by atoms with Crippen molar-refractivity contribution in [2.24, 2.45) is 0 Å². The number of carbonyl (C=O) groups excluding carboxylic acids is 1. The van der Waals surface area contributed by atoms with Crippen LogP contribution < -0.4 is 10.6 Å². The second kappa shape index (κ2) is 8.37. The van der Waals surface area contributed by atoms with E-state index < -0.39 is 29.6 Å². The third kappa shape index (κ3) is 5.38. The minimum atomic E-state index is -4.66. The fourth-order valence-corrected chi connectivity index (χ4v) is 3.33. The van der Waals surface area contributed by atoms with Gasteiger partial charge in [0.15, 0.2) is 5.69 Å². The number of benzene rings is 1. The minimum absolute atomic E-state index is 0.0352. The molecule has 1 aromatic heterocycles. The molecule has 1 saturated carbocycles. The number of urea groups is 1. The van der Waals surface area contributed by atoms with Gasteiger partial charge in [-0.3, -0.25) is 4.68 Å². The van der Waals surface area contributed by atoms with Crippen molar-refractivity contribution < 1.29 is 31.1 Å². The van der Waals surface area contributed by atoms with Crippen LogP contribution in [-0.4, -0.2) is 22.4 Å². The molecule has 0 saturated heterocycles. The smallest absolute Gasteiger partial charge is 0.338 e. The summed E-state index contributed by atoms with van der Waals surface area (Å²) in [5, 5.41) is 7.93.